The van der Waals surface area contributed by atoms with Crippen LogP contribution in [0.15, 0.2) is 77.7 Å². The first-order chi connectivity index (χ1) is 14.2. The summed E-state index contributed by atoms with van der Waals surface area (Å²) in [6.45, 7) is 5.64. The molecule has 1 unspecified atom stereocenters. The highest BCUT2D eigenvalue weighted by Gasteiger charge is 2.23. The summed E-state index contributed by atoms with van der Waals surface area (Å²) in [5.74, 6) is -0.256. The minimum Gasteiger partial charge on any atom is -0.346 e. The molecule has 0 radical (unpaired) electrons. The molecule has 3 aromatic carbocycles. The summed E-state index contributed by atoms with van der Waals surface area (Å²) in [4.78, 5) is 13.0. The number of nitrogens with zero attached hydrogens (tertiary/aromatic N) is 1. The number of hydrogen-bond acceptors (Lipinski definition) is 3. The van der Waals surface area contributed by atoms with Crippen molar-refractivity contribution in [1.82, 2.24) is 5.32 Å². The van der Waals surface area contributed by atoms with E-state index in [1.165, 1.54) is 11.4 Å². The molecule has 1 amide bonds. The van der Waals surface area contributed by atoms with Crippen molar-refractivity contribution in [3.05, 3.63) is 95.1 Å². The number of rotatable bonds is 6. The SMILES string of the molecule is Cc1ccc(S(=O)(=O)N(C)c2cc(C(=O)NC(C)c3ccccc3)ccc2C)cc1. The highest BCUT2D eigenvalue weighted by Crippen LogP contribution is 2.27. The quantitative estimate of drug-likeness (QED) is 0.630. The first kappa shape index (κ1) is 21.6. The lowest BCUT2D eigenvalue weighted by atomic mass is 10.1. The normalized spacial score (nSPS) is 12.3. The van der Waals surface area contributed by atoms with Gasteiger partial charge in [-0.1, -0.05) is 54.1 Å². The summed E-state index contributed by atoms with van der Waals surface area (Å²) in [7, 11) is -2.23. The predicted molar refractivity (Wildman–Crippen MR) is 120 cm³/mol. The van der Waals surface area contributed by atoms with Crippen molar-refractivity contribution in [3.8, 4) is 0 Å². The maximum absolute atomic E-state index is 13.1. The molecule has 0 aromatic heterocycles. The fraction of sp³-hybridized carbons (Fsp3) is 0.208. The van der Waals surface area contributed by atoms with Crippen LogP contribution >= 0.6 is 0 Å². The summed E-state index contributed by atoms with van der Waals surface area (Å²) >= 11 is 0. The van der Waals surface area contributed by atoms with Crippen LogP contribution < -0.4 is 9.62 Å². The van der Waals surface area contributed by atoms with Crippen molar-refractivity contribution in [2.75, 3.05) is 11.4 Å². The zero-order valence-electron chi connectivity index (χ0n) is 17.6. The Morgan fingerprint density at radius 3 is 2.20 bits per heavy atom. The molecule has 3 rings (SSSR count). The van der Waals surface area contributed by atoms with E-state index in [0.29, 0.717) is 11.3 Å². The average Bonchev–Trinajstić information content (AvgIpc) is 2.74. The molecule has 0 aliphatic rings. The van der Waals surface area contributed by atoms with Crippen molar-refractivity contribution in [2.45, 2.75) is 31.7 Å². The standard InChI is InChI=1S/C24H26N2O3S/c1-17-10-14-22(15-11-17)30(28,29)26(4)23-16-21(13-12-18(23)2)24(27)25-19(3)20-8-6-5-7-9-20/h5-16,19H,1-4H3,(H,25,27). The van der Waals surface area contributed by atoms with E-state index in [4.69, 9.17) is 0 Å². The van der Waals surface area contributed by atoms with Gasteiger partial charge >= 0.3 is 0 Å². The lowest BCUT2D eigenvalue weighted by molar-refractivity contribution is 0.0940. The first-order valence-corrected chi connectivity index (χ1v) is 11.2. The van der Waals surface area contributed by atoms with Crippen LogP contribution in [-0.4, -0.2) is 21.4 Å². The zero-order valence-corrected chi connectivity index (χ0v) is 18.4. The van der Waals surface area contributed by atoms with Crippen molar-refractivity contribution in [2.24, 2.45) is 0 Å². The van der Waals surface area contributed by atoms with Crippen molar-refractivity contribution in [3.63, 3.8) is 0 Å². The molecule has 3 aromatic rings. The Labute approximate surface area is 178 Å². The van der Waals surface area contributed by atoms with Crippen LogP contribution in [0.3, 0.4) is 0 Å². The third-order valence-electron chi connectivity index (χ3n) is 5.14. The molecule has 5 nitrogen and oxygen atoms in total. The highest BCUT2D eigenvalue weighted by molar-refractivity contribution is 7.92. The zero-order chi connectivity index (χ0) is 21.9. The first-order valence-electron chi connectivity index (χ1n) is 9.72. The number of hydrogen-bond donors (Lipinski definition) is 1. The minimum absolute atomic E-state index is 0.169. The van der Waals surface area contributed by atoms with E-state index in [1.807, 2.05) is 51.1 Å². The van der Waals surface area contributed by atoms with E-state index in [-0.39, 0.29) is 16.8 Å². The largest absolute Gasteiger partial charge is 0.346 e. The van der Waals surface area contributed by atoms with Gasteiger partial charge in [0.25, 0.3) is 15.9 Å². The fourth-order valence-electron chi connectivity index (χ4n) is 3.19. The smallest absolute Gasteiger partial charge is 0.264 e. The molecule has 0 fully saturated rings. The second-order valence-electron chi connectivity index (χ2n) is 7.39. The topological polar surface area (TPSA) is 66.5 Å². The van der Waals surface area contributed by atoms with E-state index in [2.05, 4.69) is 5.32 Å². The third-order valence-corrected chi connectivity index (χ3v) is 6.92. The van der Waals surface area contributed by atoms with E-state index in [0.717, 1.165) is 16.7 Å². The molecule has 6 heteroatoms. The average molecular weight is 423 g/mol. The predicted octanol–water partition coefficient (Wildman–Crippen LogP) is 4.62. The Kier molecular flexibility index (Phi) is 6.27. The molecule has 0 saturated carbocycles. The van der Waals surface area contributed by atoms with Gasteiger partial charge in [-0.3, -0.25) is 9.10 Å². The minimum atomic E-state index is -3.74. The van der Waals surface area contributed by atoms with Gasteiger partial charge in [-0.05, 0) is 56.2 Å². The van der Waals surface area contributed by atoms with Crippen LogP contribution in [0.25, 0.3) is 0 Å². The Hall–Kier alpha value is -3.12. The van der Waals surface area contributed by atoms with Crippen LogP contribution in [-0.2, 0) is 10.0 Å². The van der Waals surface area contributed by atoms with Crippen LogP contribution in [0.4, 0.5) is 5.69 Å². The summed E-state index contributed by atoms with van der Waals surface area (Å²) in [6.07, 6.45) is 0. The van der Waals surface area contributed by atoms with Crippen LogP contribution in [0, 0.1) is 13.8 Å². The number of aryl methyl sites for hydroxylation is 2. The van der Waals surface area contributed by atoms with Crippen molar-refractivity contribution >= 4 is 21.6 Å². The van der Waals surface area contributed by atoms with E-state index in [9.17, 15) is 13.2 Å². The molecular weight excluding hydrogens is 396 g/mol. The molecule has 0 heterocycles. The Balaban J connectivity index is 1.87. The van der Waals surface area contributed by atoms with Gasteiger partial charge in [0.2, 0.25) is 0 Å². The Bertz CT molecular complexity index is 1140. The monoisotopic (exact) mass is 422 g/mol. The summed E-state index contributed by atoms with van der Waals surface area (Å²) in [5, 5.41) is 2.97. The number of carbonyl (C=O) groups excluding carboxylic acids is 1. The number of benzene rings is 3. The van der Waals surface area contributed by atoms with Crippen molar-refractivity contribution in [1.29, 1.82) is 0 Å². The summed E-state index contributed by atoms with van der Waals surface area (Å²) < 4.78 is 27.4. The number of carbonyl (C=O) groups is 1. The van der Waals surface area contributed by atoms with Crippen LogP contribution in [0.5, 0.6) is 0 Å². The number of anilines is 1. The van der Waals surface area contributed by atoms with Gasteiger partial charge in [-0.25, -0.2) is 8.42 Å². The molecule has 0 bridgehead atoms. The second-order valence-corrected chi connectivity index (χ2v) is 9.36. The van der Waals surface area contributed by atoms with Gasteiger partial charge in [0.1, 0.15) is 0 Å². The van der Waals surface area contributed by atoms with Crippen LogP contribution in [0.2, 0.25) is 0 Å². The van der Waals surface area contributed by atoms with E-state index in [1.54, 1.807) is 42.5 Å². The molecule has 1 N–H and O–H groups in total. The molecule has 30 heavy (non-hydrogen) atoms. The van der Waals surface area contributed by atoms with Gasteiger partial charge < -0.3 is 5.32 Å². The molecule has 0 spiro atoms. The number of sulfonamides is 1. The van der Waals surface area contributed by atoms with Gasteiger partial charge in [-0.15, -0.1) is 0 Å². The maximum atomic E-state index is 13.1. The Morgan fingerprint density at radius 2 is 1.57 bits per heavy atom. The summed E-state index contributed by atoms with van der Waals surface area (Å²) in [6, 6.07) is 21.3. The molecule has 0 aliphatic heterocycles. The molecule has 156 valence electrons. The molecule has 0 saturated heterocycles. The third kappa shape index (κ3) is 4.54. The van der Waals surface area contributed by atoms with Gasteiger partial charge in [0.15, 0.2) is 0 Å². The molecule has 0 aliphatic carbocycles. The Morgan fingerprint density at radius 1 is 0.933 bits per heavy atom. The van der Waals surface area contributed by atoms with Gasteiger partial charge in [-0.2, -0.15) is 0 Å². The van der Waals surface area contributed by atoms with Crippen molar-refractivity contribution < 1.29 is 13.2 Å². The highest BCUT2D eigenvalue weighted by atomic mass is 32.2. The molecule has 1 atom stereocenters. The van der Waals surface area contributed by atoms with E-state index >= 15 is 0 Å². The summed E-state index contributed by atoms with van der Waals surface area (Å²) in [5.41, 5.74) is 3.62. The van der Waals surface area contributed by atoms with Gasteiger partial charge in [0.05, 0.1) is 16.6 Å². The van der Waals surface area contributed by atoms with E-state index < -0.39 is 10.0 Å². The maximum Gasteiger partial charge on any atom is 0.264 e. The van der Waals surface area contributed by atoms with Gasteiger partial charge in [0, 0.05) is 12.6 Å². The second kappa shape index (κ2) is 8.71. The van der Waals surface area contributed by atoms with Crippen LogP contribution in [0.1, 0.15) is 40.0 Å². The lowest BCUT2D eigenvalue weighted by Gasteiger charge is -2.22. The number of nitrogens with one attached hydrogen (secondary N) is 1. The number of amides is 1. The lowest BCUT2D eigenvalue weighted by Crippen LogP contribution is -2.29. The fourth-order valence-corrected chi connectivity index (χ4v) is 4.44. The molecular formula is C24H26N2O3S.